The lowest BCUT2D eigenvalue weighted by atomic mass is 10.3. The Kier molecular flexibility index (Phi) is 3.44. The molecular weight excluding hydrogens is 238 g/mol. The summed E-state index contributed by atoms with van der Waals surface area (Å²) < 4.78 is 1.49. The van der Waals surface area contributed by atoms with Gasteiger partial charge in [0.15, 0.2) is 0 Å². The number of aromatic nitrogens is 2. The number of anilines is 1. The van der Waals surface area contributed by atoms with E-state index in [0.29, 0.717) is 17.1 Å². The van der Waals surface area contributed by atoms with Crippen LogP contribution in [-0.4, -0.2) is 15.6 Å². The van der Waals surface area contributed by atoms with E-state index < -0.39 is 0 Å². The van der Waals surface area contributed by atoms with Crippen LogP contribution >= 0.6 is 11.6 Å². The van der Waals surface area contributed by atoms with Gasteiger partial charge in [0.2, 0.25) is 0 Å². The van der Waals surface area contributed by atoms with Crippen LogP contribution in [0, 0.1) is 0 Å². The number of carbonyl (C=O) groups is 1. The molecule has 88 valence electrons. The number of aryl methyl sites for hydroxylation is 1. The van der Waals surface area contributed by atoms with Gasteiger partial charge in [-0.2, -0.15) is 0 Å². The molecule has 0 fully saturated rings. The summed E-state index contributed by atoms with van der Waals surface area (Å²) in [5, 5.41) is 3.35. The average Bonchev–Trinajstić information content (AvgIpc) is 2.77. The molecule has 0 unspecified atom stereocenters. The molecule has 1 aromatic carbocycles. The number of nitrogens with zero attached hydrogens (tertiary/aromatic N) is 2. The molecule has 0 saturated heterocycles. The summed E-state index contributed by atoms with van der Waals surface area (Å²) in [4.78, 5) is 16.0. The highest BCUT2D eigenvalue weighted by molar-refractivity contribution is 6.30. The average molecular weight is 250 g/mol. The third kappa shape index (κ3) is 2.65. The number of nitrogens with one attached hydrogen (secondary N) is 1. The smallest absolute Gasteiger partial charge is 0.307 e. The van der Waals surface area contributed by atoms with Gasteiger partial charge >= 0.3 is 6.03 Å². The Morgan fingerprint density at radius 1 is 1.53 bits per heavy atom. The van der Waals surface area contributed by atoms with Gasteiger partial charge in [-0.3, -0.25) is 4.57 Å². The van der Waals surface area contributed by atoms with Crippen LogP contribution in [0.2, 0.25) is 5.02 Å². The molecule has 0 atom stereocenters. The number of benzene rings is 1. The van der Waals surface area contributed by atoms with Crippen molar-refractivity contribution in [3.05, 3.63) is 47.5 Å². The fraction of sp³-hybridized carbons (Fsp3) is 0.167. The molecule has 0 aliphatic carbocycles. The van der Waals surface area contributed by atoms with Gasteiger partial charge < -0.3 is 5.32 Å². The van der Waals surface area contributed by atoms with Crippen molar-refractivity contribution in [2.24, 2.45) is 0 Å². The maximum Gasteiger partial charge on any atom is 0.331 e. The van der Waals surface area contributed by atoms with Crippen molar-refractivity contribution in [3.63, 3.8) is 0 Å². The fourth-order valence-electron chi connectivity index (χ4n) is 1.53. The molecule has 0 radical (unpaired) electrons. The predicted molar refractivity (Wildman–Crippen MR) is 67.5 cm³/mol. The summed E-state index contributed by atoms with van der Waals surface area (Å²) in [5.41, 5.74) is 0.665. The van der Waals surface area contributed by atoms with E-state index in [4.69, 9.17) is 11.6 Å². The van der Waals surface area contributed by atoms with Gasteiger partial charge in [0.05, 0.1) is 0 Å². The van der Waals surface area contributed by atoms with Gasteiger partial charge in [-0.15, -0.1) is 0 Å². The molecule has 1 amide bonds. The van der Waals surface area contributed by atoms with E-state index >= 15 is 0 Å². The van der Waals surface area contributed by atoms with Crippen LogP contribution < -0.4 is 5.32 Å². The lowest BCUT2D eigenvalue weighted by Crippen LogP contribution is -2.20. The highest BCUT2D eigenvalue weighted by Crippen LogP contribution is 2.15. The van der Waals surface area contributed by atoms with Crippen LogP contribution in [0.4, 0.5) is 10.5 Å². The number of rotatable bonds is 2. The highest BCUT2D eigenvalue weighted by Gasteiger charge is 2.09. The summed E-state index contributed by atoms with van der Waals surface area (Å²) >= 11 is 5.84. The van der Waals surface area contributed by atoms with Crippen molar-refractivity contribution in [3.8, 4) is 0 Å². The van der Waals surface area contributed by atoms with E-state index in [1.54, 1.807) is 36.7 Å². The second kappa shape index (κ2) is 5.01. The van der Waals surface area contributed by atoms with E-state index in [-0.39, 0.29) is 6.03 Å². The first-order valence-electron chi connectivity index (χ1n) is 5.30. The fourth-order valence-corrected chi connectivity index (χ4v) is 1.72. The Bertz CT molecular complexity index is 536. The van der Waals surface area contributed by atoms with Gasteiger partial charge in [0.25, 0.3) is 0 Å². The highest BCUT2D eigenvalue weighted by atomic mass is 35.5. The Morgan fingerprint density at radius 2 is 2.35 bits per heavy atom. The van der Waals surface area contributed by atoms with Crippen molar-refractivity contribution in [2.75, 3.05) is 5.32 Å². The number of hydrogen-bond acceptors (Lipinski definition) is 2. The standard InChI is InChI=1S/C12H12ClN3O/c1-2-11-14-6-7-16(11)12(17)15-10-5-3-4-9(13)8-10/h3-8H,2H2,1H3,(H,15,17). The normalized spacial score (nSPS) is 10.2. The molecule has 0 bridgehead atoms. The monoisotopic (exact) mass is 249 g/mol. The van der Waals surface area contributed by atoms with Crippen LogP contribution in [0.15, 0.2) is 36.7 Å². The van der Waals surface area contributed by atoms with E-state index in [1.807, 2.05) is 6.92 Å². The summed E-state index contributed by atoms with van der Waals surface area (Å²) in [7, 11) is 0. The van der Waals surface area contributed by atoms with Gasteiger partial charge in [-0.05, 0) is 18.2 Å². The molecule has 0 aliphatic heterocycles. The molecule has 0 aliphatic rings. The first kappa shape index (κ1) is 11.7. The van der Waals surface area contributed by atoms with E-state index in [1.165, 1.54) is 4.57 Å². The Labute approximate surface area is 104 Å². The Morgan fingerprint density at radius 3 is 3.06 bits per heavy atom. The van der Waals surface area contributed by atoms with Crippen molar-refractivity contribution < 1.29 is 4.79 Å². The van der Waals surface area contributed by atoms with Gasteiger partial charge in [-0.25, -0.2) is 9.78 Å². The Hall–Kier alpha value is -1.81. The molecule has 2 aromatic rings. The SMILES string of the molecule is CCc1nccn1C(=O)Nc1cccc(Cl)c1. The molecule has 0 saturated carbocycles. The second-order valence-electron chi connectivity index (χ2n) is 3.51. The lowest BCUT2D eigenvalue weighted by molar-refractivity contribution is 0.253. The molecule has 1 N–H and O–H groups in total. The topological polar surface area (TPSA) is 46.9 Å². The van der Waals surface area contributed by atoms with Gasteiger partial charge in [0.1, 0.15) is 5.82 Å². The third-order valence-corrected chi connectivity index (χ3v) is 2.56. The summed E-state index contributed by atoms with van der Waals surface area (Å²) in [5.74, 6) is 0.726. The molecule has 17 heavy (non-hydrogen) atoms. The molecule has 1 heterocycles. The molecule has 5 heteroatoms. The predicted octanol–water partition coefficient (Wildman–Crippen LogP) is 3.18. The first-order valence-corrected chi connectivity index (χ1v) is 5.67. The van der Waals surface area contributed by atoms with Crippen molar-refractivity contribution in [1.82, 2.24) is 9.55 Å². The number of hydrogen-bond donors (Lipinski definition) is 1. The Balaban J connectivity index is 2.17. The minimum absolute atomic E-state index is 0.235. The van der Waals surface area contributed by atoms with Crippen LogP contribution in [0.3, 0.4) is 0 Å². The zero-order valence-corrected chi connectivity index (χ0v) is 10.1. The largest absolute Gasteiger partial charge is 0.331 e. The molecule has 1 aromatic heterocycles. The molecule has 4 nitrogen and oxygen atoms in total. The second-order valence-corrected chi connectivity index (χ2v) is 3.94. The minimum Gasteiger partial charge on any atom is -0.307 e. The minimum atomic E-state index is -0.235. The maximum absolute atomic E-state index is 11.9. The van der Waals surface area contributed by atoms with E-state index in [9.17, 15) is 4.79 Å². The van der Waals surface area contributed by atoms with Crippen molar-refractivity contribution >= 4 is 23.3 Å². The zero-order chi connectivity index (χ0) is 12.3. The van der Waals surface area contributed by atoms with E-state index in [2.05, 4.69) is 10.3 Å². The summed E-state index contributed by atoms with van der Waals surface area (Å²) in [6, 6.07) is 6.79. The molecular formula is C12H12ClN3O. The number of carbonyl (C=O) groups excluding carboxylic acids is 1. The third-order valence-electron chi connectivity index (χ3n) is 2.33. The summed E-state index contributed by atoms with van der Waals surface area (Å²) in [6.45, 7) is 1.95. The first-order chi connectivity index (χ1) is 8.20. The summed E-state index contributed by atoms with van der Waals surface area (Å²) in [6.07, 6.45) is 3.95. The molecule has 2 rings (SSSR count). The van der Waals surface area contributed by atoms with Crippen LogP contribution in [-0.2, 0) is 6.42 Å². The van der Waals surface area contributed by atoms with Gasteiger partial charge in [-0.1, -0.05) is 24.6 Å². The number of halogens is 1. The van der Waals surface area contributed by atoms with Gasteiger partial charge in [0, 0.05) is 29.5 Å². The molecule has 0 spiro atoms. The number of amides is 1. The van der Waals surface area contributed by atoms with Crippen LogP contribution in [0.25, 0.3) is 0 Å². The number of imidazole rings is 1. The van der Waals surface area contributed by atoms with Crippen molar-refractivity contribution in [1.29, 1.82) is 0 Å². The lowest BCUT2D eigenvalue weighted by Gasteiger charge is -2.07. The zero-order valence-electron chi connectivity index (χ0n) is 9.35. The van der Waals surface area contributed by atoms with Crippen LogP contribution in [0.1, 0.15) is 12.7 Å². The van der Waals surface area contributed by atoms with Crippen LogP contribution in [0.5, 0.6) is 0 Å². The van der Waals surface area contributed by atoms with Crippen molar-refractivity contribution in [2.45, 2.75) is 13.3 Å². The quantitative estimate of drug-likeness (QED) is 0.889. The maximum atomic E-state index is 11.9. The van der Waals surface area contributed by atoms with E-state index in [0.717, 1.165) is 5.82 Å².